The molecule has 23 heavy (non-hydrogen) atoms. The van der Waals surface area contributed by atoms with Gasteiger partial charge in [0, 0.05) is 18.8 Å². The van der Waals surface area contributed by atoms with Gasteiger partial charge < -0.3 is 15.4 Å². The lowest BCUT2D eigenvalue weighted by Gasteiger charge is -2.14. The van der Waals surface area contributed by atoms with Crippen LogP contribution in [0.25, 0.3) is 5.69 Å². The van der Waals surface area contributed by atoms with Crippen molar-refractivity contribution < 1.29 is 9.53 Å². The number of carbonyl (C=O) groups excluding carboxylic acids is 1. The summed E-state index contributed by atoms with van der Waals surface area (Å²) in [6.45, 7) is 4.16. The molecular weight excluding hydrogens is 330 g/mol. The summed E-state index contributed by atoms with van der Waals surface area (Å²) in [4.78, 5) is 15.0. The molecular formula is C16H19N3O2S2. The second-order valence-electron chi connectivity index (χ2n) is 5.34. The van der Waals surface area contributed by atoms with Crippen molar-refractivity contribution in [2.24, 2.45) is 0 Å². The highest BCUT2D eigenvalue weighted by atomic mass is 32.1. The molecule has 2 N–H and O–H groups in total. The van der Waals surface area contributed by atoms with E-state index in [4.69, 9.17) is 22.7 Å². The molecule has 2 heterocycles. The highest BCUT2D eigenvalue weighted by molar-refractivity contribution is 7.73. The van der Waals surface area contributed by atoms with Crippen molar-refractivity contribution in [1.82, 2.24) is 9.47 Å². The predicted molar refractivity (Wildman–Crippen MR) is 95.2 cm³/mol. The first kappa shape index (κ1) is 16.0. The number of aromatic nitrogens is 1. The van der Waals surface area contributed by atoms with Gasteiger partial charge in [-0.25, -0.2) is 0 Å². The molecule has 0 saturated carbocycles. The third kappa shape index (κ3) is 3.11. The second kappa shape index (κ2) is 6.72. The van der Waals surface area contributed by atoms with Crippen LogP contribution >= 0.6 is 23.6 Å². The molecule has 2 aromatic rings. The van der Waals surface area contributed by atoms with Gasteiger partial charge in [-0.05, 0) is 56.2 Å². The van der Waals surface area contributed by atoms with Gasteiger partial charge in [0.05, 0.1) is 6.61 Å². The molecule has 1 amide bonds. The lowest BCUT2D eigenvalue weighted by atomic mass is 10.3. The first-order chi connectivity index (χ1) is 11.1. The number of nitrogens with two attached hydrogens (primary N) is 1. The van der Waals surface area contributed by atoms with Crippen LogP contribution in [0.5, 0.6) is 5.75 Å². The number of hydrogen-bond donors (Lipinski definition) is 1. The Labute approximate surface area is 144 Å². The van der Waals surface area contributed by atoms with Crippen LogP contribution in [-0.2, 0) is 0 Å². The molecule has 0 bridgehead atoms. The van der Waals surface area contributed by atoms with Gasteiger partial charge in [0.1, 0.15) is 16.4 Å². The van der Waals surface area contributed by atoms with Crippen molar-refractivity contribution in [3.63, 3.8) is 0 Å². The first-order valence-electron chi connectivity index (χ1n) is 7.65. The summed E-state index contributed by atoms with van der Waals surface area (Å²) in [7, 11) is 0. The zero-order valence-corrected chi connectivity index (χ0v) is 14.6. The predicted octanol–water partition coefficient (Wildman–Crippen LogP) is 3.49. The monoisotopic (exact) mass is 349 g/mol. The Kier molecular flexibility index (Phi) is 4.68. The maximum Gasteiger partial charge on any atom is 0.267 e. The van der Waals surface area contributed by atoms with Crippen molar-refractivity contribution in [3.05, 3.63) is 33.1 Å². The quantitative estimate of drug-likeness (QED) is 0.859. The van der Waals surface area contributed by atoms with E-state index in [1.54, 1.807) is 4.57 Å². The molecule has 0 radical (unpaired) electrons. The SMILES string of the molecule is CCOc1ccc(-n2c(N)c(C(=O)N3CCCC3)sc2=S)cc1. The van der Waals surface area contributed by atoms with Crippen molar-refractivity contribution in [2.45, 2.75) is 19.8 Å². The fourth-order valence-electron chi connectivity index (χ4n) is 2.70. The molecule has 0 unspecified atom stereocenters. The average molecular weight is 349 g/mol. The molecule has 0 aliphatic carbocycles. The van der Waals surface area contributed by atoms with Gasteiger partial charge in [0.15, 0.2) is 3.95 Å². The molecule has 7 heteroatoms. The van der Waals surface area contributed by atoms with E-state index in [9.17, 15) is 4.79 Å². The Bertz CT molecular complexity index is 759. The Hall–Kier alpha value is -1.86. The third-order valence-electron chi connectivity index (χ3n) is 3.84. The standard InChI is InChI=1S/C16H19N3O2S2/c1-2-21-12-7-5-11(6-8-12)19-14(17)13(23-16(19)22)15(20)18-9-3-4-10-18/h5-8H,2-4,9-10,17H2,1H3. The molecule has 0 atom stereocenters. The second-order valence-corrected chi connectivity index (χ2v) is 6.99. The van der Waals surface area contributed by atoms with E-state index in [0.717, 1.165) is 37.4 Å². The van der Waals surface area contributed by atoms with Crippen LogP contribution in [0, 0.1) is 3.95 Å². The highest BCUT2D eigenvalue weighted by Crippen LogP contribution is 2.29. The zero-order valence-electron chi connectivity index (χ0n) is 12.9. The van der Waals surface area contributed by atoms with Gasteiger partial charge in [0.25, 0.3) is 5.91 Å². The summed E-state index contributed by atoms with van der Waals surface area (Å²) in [5.74, 6) is 1.20. The number of carbonyl (C=O) groups is 1. The molecule has 5 nitrogen and oxygen atoms in total. The van der Waals surface area contributed by atoms with Crippen molar-refractivity contribution in [1.29, 1.82) is 0 Å². The average Bonchev–Trinajstić information content (AvgIpc) is 3.17. The number of benzene rings is 1. The Balaban J connectivity index is 1.94. The van der Waals surface area contributed by atoms with E-state index in [1.807, 2.05) is 36.1 Å². The Morgan fingerprint density at radius 1 is 1.30 bits per heavy atom. The summed E-state index contributed by atoms with van der Waals surface area (Å²) in [5, 5.41) is 0. The molecule has 1 aromatic heterocycles. The summed E-state index contributed by atoms with van der Waals surface area (Å²) >= 11 is 6.70. The van der Waals surface area contributed by atoms with E-state index in [1.165, 1.54) is 11.3 Å². The number of rotatable bonds is 4. The molecule has 1 aliphatic rings. The van der Waals surface area contributed by atoms with E-state index in [-0.39, 0.29) is 5.91 Å². The number of nitrogens with zero attached hydrogens (tertiary/aromatic N) is 2. The molecule has 1 fully saturated rings. The number of nitrogen functional groups attached to an aromatic ring is 1. The molecule has 0 spiro atoms. The van der Waals surface area contributed by atoms with Crippen LogP contribution in [0.1, 0.15) is 29.4 Å². The van der Waals surface area contributed by atoms with Gasteiger partial charge in [0.2, 0.25) is 0 Å². The zero-order chi connectivity index (χ0) is 16.4. The smallest absolute Gasteiger partial charge is 0.267 e. The lowest BCUT2D eigenvalue weighted by molar-refractivity contribution is 0.0798. The van der Waals surface area contributed by atoms with Crippen molar-refractivity contribution in [2.75, 3.05) is 25.4 Å². The maximum absolute atomic E-state index is 12.6. The van der Waals surface area contributed by atoms with Crippen LogP contribution < -0.4 is 10.5 Å². The number of hydrogen-bond acceptors (Lipinski definition) is 5. The Morgan fingerprint density at radius 2 is 1.96 bits per heavy atom. The van der Waals surface area contributed by atoms with Crippen LogP contribution in [0.3, 0.4) is 0 Å². The third-order valence-corrected chi connectivity index (χ3v) is 5.22. The normalized spacial score (nSPS) is 14.2. The van der Waals surface area contributed by atoms with Crippen LogP contribution in [0.4, 0.5) is 5.82 Å². The van der Waals surface area contributed by atoms with Crippen molar-refractivity contribution >= 4 is 35.3 Å². The number of thiazole rings is 1. The van der Waals surface area contributed by atoms with Crippen LogP contribution in [0.2, 0.25) is 0 Å². The number of anilines is 1. The van der Waals surface area contributed by atoms with Crippen LogP contribution in [-0.4, -0.2) is 35.1 Å². The van der Waals surface area contributed by atoms with E-state index in [2.05, 4.69) is 0 Å². The number of amides is 1. The number of likely N-dealkylation sites (tertiary alicyclic amines) is 1. The largest absolute Gasteiger partial charge is 0.494 e. The molecule has 122 valence electrons. The van der Waals surface area contributed by atoms with Crippen molar-refractivity contribution in [3.8, 4) is 11.4 Å². The molecule has 1 saturated heterocycles. The van der Waals surface area contributed by atoms with E-state index in [0.29, 0.717) is 21.3 Å². The van der Waals surface area contributed by atoms with E-state index >= 15 is 0 Å². The van der Waals surface area contributed by atoms with Gasteiger partial charge in [-0.15, -0.1) is 0 Å². The van der Waals surface area contributed by atoms with E-state index < -0.39 is 0 Å². The molecule has 3 rings (SSSR count). The van der Waals surface area contributed by atoms with Gasteiger partial charge >= 0.3 is 0 Å². The molecule has 1 aliphatic heterocycles. The number of ether oxygens (including phenoxy) is 1. The summed E-state index contributed by atoms with van der Waals surface area (Å²) < 4.78 is 7.77. The van der Waals surface area contributed by atoms with Gasteiger partial charge in [-0.2, -0.15) is 0 Å². The summed E-state index contributed by atoms with van der Waals surface area (Å²) in [6, 6.07) is 7.54. The highest BCUT2D eigenvalue weighted by Gasteiger charge is 2.25. The first-order valence-corrected chi connectivity index (χ1v) is 8.88. The lowest BCUT2D eigenvalue weighted by Crippen LogP contribution is -2.27. The molecule has 1 aromatic carbocycles. The summed E-state index contributed by atoms with van der Waals surface area (Å²) in [5.41, 5.74) is 7.07. The topological polar surface area (TPSA) is 60.5 Å². The Morgan fingerprint density at radius 3 is 2.57 bits per heavy atom. The fraction of sp³-hybridized carbons (Fsp3) is 0.375. The van der Waals surface area contributed by atoms with Crippen LogP contribution in [0.15, 0.2) is 24.3 Å². The summed E-state index contributed by atoms with van der Waals surface area (Å²) in [6.07, 6.45) is 2.10. The maximum atomic E-state index is 12.6. The minimum atomic E-state index is -0.0132. The van der Waals surface area contributed by atoms with Gasteiger partial charge in [-0.1, -0.05) is 11.3 Å². The fourth-order valence-corrected chi connectivity index (χ4v) is 4.04. The minimum Gasteiger partial charge on any atom is -0.494 e. The van der Waals surface area contributed by atoms with Gasteiger partial charge in [-0.3, -0.25) is 9.36 Å². The minimum absolute atomic E-state index is 0.0132.